The maximum absolute atomic E-state index is 14.2. The number of hydrogen-bond donors (Lipinski definition) is 0. The Morgan fingerprint density at radius 2 is 2.19 bits per heavy atom. The molecule has 2 fully saturated rings. The number of halogens is 2. The molecule has 2 aliphatic rings. The number of nitrogens with zero attached hydrogens (tertiary/aromatic N) is 4. The van der Waals surface area contributed by atoms with Gasteiger partial charge in [0.1, 0.15) is 18.0 Å². The van der Waals surface area contributed by atoms with E-state index in [1.165, 1.54) is 18.2 Å². The molecule has 27 heavy (non-hydrogen) atoms. The second-order valence-electron chi connectivity index (χ2n) is 7.31. The molecule has 1 aromatic carbocycles. The van der Waals surface area contributed by atoms with Crippen LogP contribution in [0.15, 0.2) is 24.5 Å². The van der Waals surface area contributed by atoms with Gasteiger partial charge in [0.05, 0.1) is 5.56 Å². The second-order valence-corrected chi connectivity index (χ2v) is 7.75. The van der Waals surface area contributed by atoms with Crippen LogP contribution in [0.3, 0.4) is 0 Å². The van der Waals surface area contributed by atoms with Gasteiger partial charge in [-0.3, -0.25) is 4.79 Å². The Kier molecular flexibility index (Phi) is 4.90. The third-order valence-corrected chi connectivity index (χ3v) is 6.12. The Labute approximate surface area is 162 Å². The normalized spacial score (nSPS) is 21.7. The predicted molar refractivity (Wildman–Crippen MR) is 98.2 cm³/mol. The van der Waals surface area contributed by atoms with E-state index in [9.17, 15) is 9.18 Å². The standard InChI is InChI=1S/C19H22ClFN4O2/c1-2-24-12-22-23-17(24)15-10-25(11-19(15)5-7-27-8-6-19)18(26)14-9-13(20)3-4-16(14)21/h3-4,9,12,15H,2,5-8,10-11H2,1H3. The maximum Gasteiger partial charge on any atom is 0.256 e. The second kappa shape index (κ2) is 7.20. The lowest BCUT2D eigenvalue weighted by molar-refractivity contribution is 0.0107. The minimum Gasteiger partial charge on any atom is -0.381 e. The van der Waals surface area contributed by atoms with Crippen LogP contribution in [0, 0.1) is 11.2 Å². The number of hydrogen-bond acceptors (Lipinski definition) is 4. The Balaban J connectivity index is 1.68. The minimum atomic E-state index is -0.550. The molecular weight excluding hydrogens is 371 g/mol. The zero-order valence-corrected chi connectivity index (χ0v) is 16.0. The first-order valence-corrected chi connectivity index (χ1v) is 9.61. The van der Waals surface area contributed by atoms with Gasteiger partial charge >= 0.3 is 0 Å². The zero-order valence-electron chi connectivity index (χ0n) is 15.2. The molecule has 1 aromatic heterocycles. The molecule has 2 aromatic rings. The first-order valence-electron chi connectivity index (χ1n) is 9.24. The van der Waals surface area contributed by atoms with Crippen molar-refractivity contribution in [3.8, 4) is 0 Å². The fraction of sp³-hybridized carbons (Fsp3) is 0.526. The van der Waals surface area contributed by atoms with Gasteiger partial charge in [-0.15, -0.1) is 10.2 Å². The summed E-state index contributed by atoms with van der Waals surface area (Å²) in [4.78, 5) is 14.8. The molecule has 6 nitrogen and oxygen atoms in total. The van der Waals surface area contributed by atoms with Crippen LogP contribution < -0.4 is 0 Å². The van der Waals surface area contributed by atoms with Gasteiger partial charge < -0.3 is 14.2 Å². The average Bonchev–Trinajstić information content (AvgIpc) is 3.28. The van der Waals surface area contributed by atoms with Gasteiger partial charge in [-0.2, -0.15) is 0 Å². The van der Waals surface area contributed by atoms with E-state index in [1.54, 1.807) is 11.2 Å². The van der Waals surface area contributed by atoms with Crippen LogP contribution in [0.4, 0.5) is 4.39 Å². The Bertz CT molecular complexity index is 850. The molecule has 0 radical (unpaired) electrons. The Morgan fingerprint density at radius 1 is 1.41 bits per heavy atom. The number of aromatic nitrogens is 3. The fourth-order valence-corrected chi connectivity index (χ4v) is 4.54. The van der Waals surface area contributed by atoms with Crippen molar-refractivity contribution >= 4 is 17.5 Å². The van der Waals surface area contributed by atoms with E-state index in [-0.39, 0.29) is 22.8 Å². The van der Waals surface area contributed by atoms with E-state index in [0.29, 0.717) is 31.3 Å². The van der Waals surface area contributed by atoms with Crippen molar-refractivity contribution in [2.24, 2.45) is 5.41 Å². The summed E-state index contributed by atoms with van der Waals surface area (Å²) in [6.45, 7) is 5.17. The maximum atomic E-state index is 14.2. The molecule has 1 unspecified atom stereocenters. The van der Waals surface area contributed by atoms with Gasteiger partial charge in [-0.25, -0.2) is 4.39 Å². The monoisotopic (exact) mass is 392 g/mol. The molecule has 0 aliphatic carbocycles. The summed E-state index contributed by atoms with van der Waals surface area (Å²) in [7, 11) is 0. The van der Waals surface area contributed by atoms with Crippen molar-refractivity contribution in [1.29, 1.82) is 0 Å². The molecular formula is C19H22ClFN4O2. The molecule has 144 valence electrons. The van der Waals surface area contributed by atoms with Crippen LogP contribution in [-0.2, 0) is 11.3 Å². The van der Waals surface area contributed by atoms with Gasteiger partial charge in [-0.1, -0.05) is 11.6 Å². The van der Waals surface area contributed by atoms with E-state index in [4.69, 9.17) is 16.3 Å². The fourth-order valence-electron chi connectivity index (χ4n) is 4.37. The van der Waals surface area contributed by atoms with Gasteiger partial charge in [0.25, 0.3) is 5.91 Å². The lowest BCUT2D eigenvalue weighted by atomic mass is 9.71. The quantitative estimate of drug-likeness (QED) is 0.805. The summed E-state index contributed by atoms with van der Waals surface area (Å²) >= 11 is 5.98. The third kappa shape index (κ3) is 3.23. The lowest BCUT2D eigenvalue weighted by Gasteiger charge is -2.37. The summed E-state index contributed by atoms with van der Waals surface area (Å²) in [6, 6.07) is 4.09. The summed E-state index contributed by atoms with van der Waals surface area (Å²) in [5.74, 6) is 0.0628. The Hall–Kier alpha value is -1.99. The van der Waals surface area contributed by atoms with Crippen molar-refractivity contribution in [1.82, 2.24) is 19.7 Å². The van der Waals surface area contributed by atoms with Crippen LogP contribution >= 0.6 is 11.6 Å². The number of amides is 1. The molecule has 1 spiro atoms. The van der Waals surface area contributed by atoms with Gasteiger partial charge in [0, 0.05) is 49.2 Å². The first kappa shape index (κ1) is 18.4. The highest BCUT2D eigenvalue weighted by atomic mass is 35.5. The van der Waals surface area contributed by atoms with Crippen molar-refractivity contribution < 1.29 is 13.9 Å². The molecule has 0 bridgehead atoms. The SMILES string of the molecule is CCn1cnnc1C1CN(C(=O)c2cc(Cl)ccc2F)CC12CCOCC2. The highest BCUT2D eigenvalue weighted by molar-refractivity contribution is 6.31. The van der Waals surface area contributed by atoms with Gasteiger partial charge in [0.2, 0.25) is 0 Å². The van der Waals surface area contributed by atoms with Crippen LogP contribution in [-0.4, -0.2) is 51.9 Å². The van der Waals surface area contributed by atoms with Crippen LogP contribution in [0.25, 0.3) is 0 Å². The largest absolute Gasteiger partial charge is 0.381 e. The van der Waals surface area contributed by atoms with E-state index in [1.807, 2.05) is 11.5 Å². The molecule has 2 saturated heterocycles. The number of rotatable bonds is 3. The summed E-state index contributed by atoms with van der Waals surface area (Å²) in [6.07, 6.45) is 3.41. The van der Waals surface area contributed by atoms with Crippen LogP contribution in [0.5, 0.6) is 0 Å². The van der Waals surface area contributed by atoms with Crippen molar-refractivity contribution in [3.05, 3.63) is 46.8 Å². The van der Waals surface area contributed by atoms with Crippen molar-refractivity contribution in [2.45, 2.75) is 32.2 Å². The minimum absolute atomic E-state index is 0.0160. The molecule has 0 N–H and O–H groups in total. The molecule has 0 saturated carbocycles. The van der Waals surface area contributed by atoms with Gasteiger partial charge in [0.15, 0.2) is 0 Å². The Morgan fingerprint density at radius 3 is 2.93 bits per heavy atom. The molecule has 1 amide bonds. The highest BCUT2D eigenvalue weighted by Crippen LogP contribution is 2.49. The van der Waals surface area contributed by atoms with Crippen LogP contribution in [0.2, 0.25) is 5.02 Å². The summed E-state index contributed by atoms with van der Waals surface area (Å²) in [5.41, 5.74) is -0.106. The molecule has 3 heterocycles. The zero-order chi connectivity index (χ0) is 19.0. The first-order chi connectivity index (χ1) is 13.0. The van der Waals surface area contributed by atoms with Gasteiger partial charge in [-0.05, 0) is 38.0 Å². The molecule has 2 aliphatic heterocycles. The molecule has 4 rings (SSSR count). The average molecular weight is 393 g/mol. The van der Waals surface area contributed by atoms with Crippen LogP contribution in [0.1, 0.15) is 41.9 Å². The number of ether oxygens (including phenoxy) is 1. The molecule has 8 heteroatoms. The van der Waals surface area contributed by atoms with E-state index in [0.717, 1.165) is 25.2 Å². The number of aryl methyl sites for hydroxylation is 1. The third-order valence-electron chi connectivity index (χ3n) is 5.88. The van der Waals surface area contributed by atoms with Crippen molar-refractivity contribution in [2.75, 3.05) is 26.3 Å². The number of carbonyl (C=O) groups excluding carboxylic acids is 1. The van der Waals surface area contributed by atoms with E-state index in [2.05, 4.69) is 10.2 Å². The lowest BCUT2D eigenvalue weighted by Crippen LogP contribution is -2.38. The van der Waals surface area contributed by atoms with E-state index < -0.39 is 5.82 Å². The number of benzene rings is 1. The summed E-state index contributed by atoms with van der Waals surface area (Å²) < 4.78 is 21.8. The molecule has 1 atom stereocenters. The number of likely N-dealkylation sites (tertiary alicyclic amines) is 1. The predicted octanol–water partition coefficient (Wildman–Crippen LogP) is 3.13. The number of carbonyl (C=O) groups is 1. The van der Waals surface area contributed by atoms with E-state index >= 15 is 0 Å². The smallest absolute Gasteiger partial charge is 0.256 e. The summed E-state index contributed by atoms with van der Waals surface area (Å²) in [5, 5.41) is 8.77. The highest BCUT2D eigenvalue weighted by Gasteiger charge is 2.51. The topological polar surface area (TPSA) is 60.2 Å². The van der Waals surface area contributed by atoms with Crippen molar-refractivity contribution in [3.63, 3.8) is 0 Å².